The van der Waals surface area contributed by atoms with Crippen LogP contribution in [0.5, 0.6) is 0 Å². The molecule has 0 bridgehead atoms. The quantitative estimate of drug-likeness (QED) is 0.575. The Morgan fingerprint density at radius 1 is 1.56 bits per heavy atom. The van der Waals surface area contributed by atoms with Crippen molar-refractivity contribution in [3.8, 4) is 0 Å². The van der Waals surface area contributed by atoms with Crippen molar-refractivity contribution >= 4 is 10.2 Å². The third-order valence-corrected chi connectivity index (χ3v) is 1.48. The van der Waals surface area contributed by atoms with Crippen LogP contribution < -0.4 is 0 Å². The maximum absolute atomic E-state index is 11.8. The summed E-state index contributed by atoms with van der Waals surface area (Å²) in [5.41, 5.74) is 0. The summed E-state index contributed by atoms with van der Waals surface area (Å²) >= 11 is 0. The highest BCUT2D eigenvalue weighted by Gasteiger charge is 2.08. The van der Waals surface area contributed by atoms with Crippen LogP contribution in [0.4, 0.5) is 8.28 Å². The van der Waals surface area contributed by atoms with Crippen LogP contribution in [0.1, 0.15) is 13.3 Å². The van der Waals surface area contributed by atoms with E-state index in [1.54, 1.807) is 0 Å². The maximum atomic E-state index is 11.8. The number of hydrogen-bond donors (Lipinski definition) is 0. The zero-order valence-electron chi connectivity index (χ0n) is 4.97. The Morgan fingerprint density at radius 3 is 2.11 bits per heavy atom. The standard InChI is InChI=1S/C4H8F2O2S/c1-4(5)2-3-9(6,7)8/h4H,2-3H2,1H3/t4-/m0/s1. The minimum Gasteiger partial charge on any atom is -0.248 e. The summed E-state index contributed by atoms with van der Waals surface area (Å²) in [6.07, 6.45) is -1.52. The largest absolute Gasteiger partial charge is 0.302 e. The average molecular weight is 158 g/mol. The molecule has 5 heteroatoms. The van der Waals surface area contributed by atoms with Gasteiger partial charge in [0.25, 0.3) is 0 Å². The van der Waals surface area contributed by atoms with Crippen molar-refractivity contribution in [2.24, 2.45) is 0 Å². The van der Waals surface area contributed by atoms with Crippen LogP contribution in [0, 0.1) is 0 Å². The monoisotopic (exact) mass is 158 g/mol. The molecule has 0 aliphatic heterocycles. The molecular formula is C4H8F2O2S. The second kappa shape index (κ2) is 3.10. The lowest BCUT2D eigenvalue weighted by Gasteiger charge is -1.95. The smallest absolute Gasteiger partial charge is 0.248 e. The van der Waals surface area contributed by atoms with Crippen molar-refractivity contribution in [2.45, 2.75) is 19.5 Å². The van der Waals surface area contributed by atoms with Crippen molar-refractivity contribution in [3.05, 3.63) is 0 Å². The minimum absolute atomic E-state index is 0.265. The fourth-order valence-electron chi connectivity index (χ4n) is 0.303. The van der Waals surface area contributed by atoms with E-state index in [2.05, 4.69) is 0 Å². The molecule has 0 heterocycles. The summed E-state index contributed by atoms with van der Waals surface area (Å²) in [6, 6.07) is 0. The molecule has 0 radical (unpaired) electrons. The number of hydrogen-bond acceptors (Lipinski definition) is 2. The van der Waals surface area contributed by atoms with E-state index in [-0.39, 0.29) is 6.42 Å². The first-order chi connectivity index (χ1) is 3.92. The molecule has 0 rings (SSSR count). The Balaban J connectivity index is 3.53. The van der Waals surface area contributed by atoms with E-state index in [0.717, 1.165) is 0 Å². The van der Waals surface area contributed by atoms with Crippen LogP contribution in [0.2, 0.25) is 0 Å². The fraction of sp³-hybridized carbons (Fsp3) is 1.00. The minimum atomic E-state index is -4.46. The molecular weight excluding hydrogens is 150 g/mol. The Kier molecular flexibility index (Phi) is 3.03. The molecule has 0 spiro atoms. The summed E-state index contributed by atoms with van der Waals surface area (Å²) in [4.78, 5) is 0. The third kappa shape index (κ3) is 7.81. The normalized spacial score (nSPS) is 15.4. The molecule has 0 fully saturated rings. The Morgan fingerprint density at radius 2 is 2.00 bits per heavy atom. The van der Waals surface area contributed by atoms with E-state index in [9.17, 15) is 16.7 Å². The van der Waals surface area contributed by atoms with Crippen LogP contribution in [0.3, 0.4) is 0 Å². The van der Waals surface area contributed by atoms with Crippen LogP contribution in [0.15, 0.2) is 0 Å². The van der Waals surface area contributed by atoms with Gasteiger partial charge in [-0.2, -0.15) is 8.42 Å². The first-order valence-corrected chi connectivity index (χ1v) is 4.03. The molecule has 0 aliphatic rings. The molecule has 0 amide bonds. The highest BCUT2D eigenvalue weighted by Crippen LogP contribution is 2.00. The summed E-state index contributed by atoms with van der Waals surface area (Å²) in [7, 11) is -4.46. The Hall–Kier alpha value is -0.190. The van der Waals surface area contributed by atoms with Crippen LogP contribution in [-0.4, -0.2) is 20.3 Å². The molecule has 0 N–H and O–H groups in total. The third-order valence-electron chi connectivity index (χ3n) is 0.759. The summed E-state index contributed by atoms with van der Waals surface area (Å²) in [5, 5.41) is 0. The van der Waals surface area contributed by atoms with Crippen molar-refractivity contribution in [1.82, 2.24) is 0 Å². The summed E-state index contributed by atoms with van der Waals surface area (Å²) in [6.45, 7) is 1.19. The Bertz CT molecular complexity index is 161. The molecule has 0 unspecified atom stereocenters. The van der Waals surface area contributed by atoms with Gasteiger partial charge in [-0.15, -0.1) is 3.89 Å². The lowest BCUT2D eigenvalue weighted by atomic mass is 10.3. The fourth-order valence-corrected chi connectivity index (χ4v) is 0.909. The van der Waals surface area contributed by atoms with Gasteiger partial charge >= 0.3 is 10.2 Å². The molecule has 0 aromatic rings. The highest BCUT2D eigenvalue weighted by atomic mass is 32.3. The SMILES string of the molecule is C[C@H](F)CCS(=O)(=O)F. The van der Waals surface area contributed by atoms with Gasteiger partial charge in [0.1, 0.15) is 0 Å². The molecule has 0 saturated heterocycles. The van der Waals surface area contributed by atoms with E-state index in [4.69, 9.17) is 0 Å². The van der Waals surface area contributed by atoms with Gasteiger partial charge in [0.15, 0.2) is 0 Å². The van der Waals surface area contributed by atoms with E-state index in [1.807, 2.05) is 0 Å². The predicted octanol–water partition coefficient (Wildman–Crippen LogP) is 1.03. The number of halogens is 2. The topological polar surface area (TPSA) is 34.1 Å². The first kappa shape index (κ1) is 8.81. The summed E-state index contributed by atoms with van der Waals surface area (Å²) in [5.74, 6) is -0.718. The zero-order valence-corrected chi connectivity index (χ0v) is 5.79. The van der Waals surface area contributed by atoms with Crippen LogP contribution >= 0.6 is 0 Å². The van der Waals surface area contributed by atoms with Gasteiger partial charge in [-0.25, -0.2) is 4.39 Å². The van der Waals surface area contributed by atoms with Gasteiger partial charge in [-0.3, -0.25) is 0 Å². The second-order valence-corrected chi connectivity index (χ2v) is 3.30. The zero-order chi connectivity index (χ0) is 7.49. The highest BCUT2D eigenvalue weighted by molar-refractivity contribution is 7.86. The van der Waals surface area contributed by atoms with Crippen molar-refractivity contribution in [3.63, 3.8) is 0 Å². The molecule has 56 valence electrons. The van der Waals surface area contributed by atoms with Crippen molar-refractivity contribution in [1.29, 1.82) is 0 Å². The predicted molar refractivity (Wildman–Crippen MR) is 30.1 cm³/mol. The van der Waals surface area contributed by atoms with Crippen LogP contribution in [-0.2, 0) is 10.2 Å². The Labute approximate surface area is 53.1 Å². The molecule has 0 aromatic heterocycles. The average Bonchev–Trinajstić information content (AvgIpc) is 1.59. The van der Waals surface area contributed by atoms with Gasteiger partial charge in [-0.1, -0.05) is 0 Å². The molecule has 0 saturated carbocycles. The van der Waals surface area contributed by atoms with E-state index >= 15 is 0 Å². The maximum Gasteiger partial charge on any atom is 0.302 e. The van der Waals surface area contributed by atoms with Gasteiger partial charge in [-0.05, 0) is 13.3 Å². The number of alkyl halides is 1. The molecule has 0 aromatic carbocycles. The van der Waals surface area contributed by atoms with Gasteiger partial charge in [0.2, 0.25) is 0 Å². The van der Waals surface area contributed by atoms with Crippen LogP contribution in [0.25, 0.3) is 0 Å². The van der Waals surface area contributed by atoms with Crippen molar-refractivity contribution < 1.29 is 16.7 Å². The van der Waals surface area contributed by atoms with Crippen molar-refractivity contribution in [2.75, 3.05) is 5.75 Å². The lowest BCUT2D eigenvalue weighted by molar-refractivity contribution is 0.351. The van der Waals surface area contributed by atoms with E-state index in [0.29, 0.717) is 0 Å². The molecule has 1 atom stereocenters. The lowest BCUT2D eigenvalue weighted by Crippen LogP contribution is -2.04. The van der Waals surface area contributed by atoms with E-state index < -0.39 is 22.1 Å². The second-order valence-electron chi connectivity index (χ2n) is 1.81. The summed E-state index contributed by atoms with van der Waals surface area (Å²) < 4.78 is 42.8. The van der Waals surface area contributed by atoms with Gasteiger partial charge in [0.05, 0.1) is 11.9 Å². The van der Waals surface area contributed by atoms with Gasteiger partial charge in [0, 0.05) is 0 Å². The molecule has 0 aliphatic carbocycles. The molecule has 9 heavy (non-hydrogen) atoms. The molecule has 2 nitrogen and oxygen atoms in total. The van der Waals surface area contributed by atoms with E-state index in [1.165, 1.54) is 6.92 Å². The first-order valence-electron chi connectivity index (χ1n) is 2.48. The van der Waals surface area contributed by atoms with Gasteiger partial charge < -0.3 is 0 Å². The number of rotatable bonds is 3.